The average molecular weight is 333 g/mol. The number of allylic oxidation sites excluding steroid dienone is 1. The zero-order valence-electron chi connectivity index (χ0n) is 4.47. The molecule has 10 heavy (non-hydrogen) atoms. The van der Waals surface area contributed by atoms with Crippen LogP contribution >= 0.6 is 38.5 Å². The maximum absolute atomic E-state index is 12.5. The lowest BCUT2D eigenvalue weighted by atomic mass is 10.4. The van der Waals surface area contributed by atoms with Crippen LogP contribution in [0.4, 0.5) is 17.6 Å². The normalized spacial score (nSPS) is 16.2. The molecule has 1 unspecified atom stereocenters. The third-order valence-electron chi connectivity index (χ3n) is 0.655. The van der Waals surface area contributed by atoms with E-state index in [1.165, 1.54) is 0 Å². The SMILES string of the molecule is FC(F)=C(F)C(F)(I)CBr. The fourth-order valence-electron chi connectivity index (χ4n) is 0.197. The molecular weight excluding hydrogens is 331 g/mol. The Kier molecular flexibility index (Phi) is 4.15. The average Bonchev–Trinajstić information content (AvgIpc) is 1.86. The molecule has 6 heteroatoms. The molecule has 0 heterocycles. The molecule has 0 N–H and O–H groups in total. The van der Waals surface area contributed by atoms with E-state index in [1.54, 1.807) is 0 Å². The monoisotopic (exact) mass is 332 g/mol. The van der Waals surface area contributed by atoms with Crippen LogP contribution in [0, 0.1) is 0 Å². The third-order valence-corrected chi connectivity index (χ3v) is 3.33. The van der Waals surface area contributed by atoms with Gasteiger partial charge in [0.05, 0.1) is 5.33 Å². The minimum Gasteiger partial charge on any atom is -0.223 e. The number of rotatable bonds is 2. The molecule has 0 rings (SSSR count). The molecule has 1 atom stereocenters. The van der Waals surface area contributed by atoms with Crippen LogP contribution in [0.2, 0.25) is 0 Å². The van der Waals surface area contributed by atoms with Crippen molar-refractivity contribution in [2.75, 3.05) is 5.33 Å². The van der Waals surface area contributed by atoms with Gasteiger partial charge in [-0.05, 0) is 22.6 Å². The van der Waals surface area contributed by atoms with Gasteiger partial charge < -0.3 is 0 Å². The Bertz CT molecular complexity index is 151. The van der Waals surface area contributed by atoms with Gasteiger partial charge in [0.15, 0.2) is 0 Å². The fraction of sp³-hybridized carbons (Fsp3) is 0.500. The van der Waals surface area contributed by atoms with Crippen molar-refractivity contribution < 1.29 is 17.6 Å². The lowest BCUT2D eigenvalue weighted by Crippen LogP contribution is -2.16. The summed E-state index contributed by atoms with van der Waals surface area (Å²) in [6, 6.07) is 0. The summed E-state index contributed by atoms with van der Waals surface area (Å²) in [5, 5.41) is -0.496. The summed E-state index contributed by atoms with van der Waals surface area (Å²) in [6.07, 6.45) is -2.61. The summed E-state index contributed by atoms with van der Waals surface area (Å²) in [6.45, 7) is 0. The highest BCUT2D eigenvalue weighted by molar-refractivity contribution is 14.1. The Labute approximate surface area is 76.9 Å². The molecule has 0 aromatic rings. The predicted octanol–water partition coefficient (Wildman–Crippen LogP) is 3.56. The van der Waals surface area contributed by atoms with Crippen LogP contribution < -0.4 is 0 Å². The van der Waals surface area contributed by atoms with Gasteiger partial charge in [0.25, 0.3) is 0 Å². The van der Waals surface area contributed by atoms with E-state index in [4.69, 9.17) is 0 Å². The molecule has 0 amide bonds. The molecule has 0 aromatic heterocycles. The maximum Gasteiger partial charge on any atom is 0.305 e. The molecule has 0 spiro atoms. The summed E-state index contributed by atoms with van der Waals surface area (Å²) < 4.78 is 44.6. The second-order valence-corrected chi connectivity index (χ2v) is 3.68. The number of hydrogen-bond acceptors (Lipinski definition) is 0. The lowest BCUT2D eigenvalue weighted by molar-refractivity contribution is 0.288. The summed E-state index contributed by atoms with van der Waals surface area (Å²) in [7, 11) is 0. The Balaban J connectivity index is 4.49. The van der Waals surface area contributed by atoms with E-state index >= 15 is 0 Å². The van der Waals surface area contributed by atoms with Gasteiger partial charge in [-0.1, -0.05) is 15.9 Å². The third kappa shape index (κ3) is 2.73. The number of hydrogen-bond donors (Lipinski definition) is 0. The molecular formula is C4H2BrF4I. The summed E-state index contributed by atoms with van der Waals surface area (Å²) >= 11 is 3.50. The van der Waals surface area contributed by atoms with Gasteiger partial charge >= 0.3 is 6.08 Å². The molecule has 0 aliphatic carbocycles. The van der Waals surface area contributed by atoms with Crippen molar-refractivity contribution in [2.45, 2.75) is 3.68 Å². The molecule has 0 aliphatic rings. The van der Waals surface area contributed by atoms with Crippen molar-refractivity contribution in [2.24, 2.45) is 0 Å². The van der Waals surface area contributed by atoms with Crippen LogP contribution in [0.1, 0.15) is 0 Å². The fourth-order valence-corrected chi connectivity index (χ4v) is 0.647. The summed E-state index contributed by atoms with van der Waals surface area (Å²) in [5.41, 5.74) is 0. The Morgan fingerprint density at radius 3 is 1.90 bits per heavy atom. The van der Waals surface area contributed by atoms with E-state index in [0.29, 0.717) is 0 Å². The van der Waals surface area contributed by atoms with Crippen molar-refractivity contribution in [3.05, 3.63) is 11.9 Å². The van der Waals surface area contributed by atoms with Crippen LogP contribution in [-0.4, -0.2) is 9.01 Å². The first-order valence-corrected chi connectivity index (χ1v) is 4.27. The number of alkyl halides is 3. The Morgan fingerprint density at radius 1 is 1.40 bits per heavy atom. The molecule has 0 radical (unpaired) electrons. The predicted molar refractivity (Wildman–Crippen MR) is 42.0 cm³/mol. The van der Waals surface area contributed by atoms with Crippen molar-refractivity contribution >= 4 is 38.5 Å². The van der Waals surface area contributed by atoms with Crippen molar-refractivity contribution in [1.29, 1.82) is 0 Å². The first-order valence-electron chi connectivity index (χ1n) is 2.07. The first kappa shape index (κ1) is 10.7. The Hall–Kier alpha value is 0.670. The Morgan fingerprint density at radius 2 is 1.80 bits per heavy atom. The van der Waals surface area contributed by atoms with E-state index < -0.39 is 20.9 Å². The van der Waals surface area contributed by atoms with Gasteiger partial charge in [-0.15, -0.1) is 0 Å². The highest BCUT2D eigenvalue weighted by Crippen LogP contribution is 2.35. The maximum atomic E-state index is 12.5. The molecule has 0 bridgehead atoms. The minimum absolute atomic E-state index is 0.496. The zero-order valence-corrected chi connectivity index (χ0v) is 8.22. The second-order valence-electron chi connectivity index (χ2n) is 1.41. The van der Waals surface area contributed by atoms with Gasteiger partial charge in [-0.25, -0.2) is 8.78 Å². The van der Waals surface area contributed by atoms with Gasteiger partial charge in [-0.2, -0.15) is 8.78 Å². The molecule has 0 nitrogen and oxygen atoms in total. The first-order chi connectivity index (χ1) is 4.41. The van der Waals surface area contributed by atoms with E-state index in [9.17, 15) is 17.6 Å². The van der Waals surface area contributed by atoms with Crippen LogP contribution in [0.3, 0.4) is 0 Å². The van der Waals surface area contributed by atoms with Crippen molar-refractivity contribution in [1.82, 2.24) is 0 Å². The van der Waals surface area contributed by atoms with E-state index in [1.807, 2.05) is 0 Å². The van der Waals surface area contributed by atoms with Crippen LogP contribution in [0.5, 0.6) is 0 Å². The van der Waals surface area contributed by atoms with Gasteiger partial charge in [-0.3, -0.25) is 0 Å². The van der Waals surface area contributed by atoms with E-state index in [-0.39, 0.29) is 0 Å². The quantitative estimate of drug-likeness (QED) is 0.412. The summed E-state index contributed by atoms with van der Waals surface area (Å²) in [5.74, 6) is -2.02. The number of halogens is 6. The topological polar surface area (TPSA) is 0 Å². The minimum atomic E-state index is -2.63. The van der Waals surface area contributed by atoms with Crippen LogP contribution in [0.25, 0.3) is 0 Å². The highest BCUT2D eigenvalue weighted by Gasteiger charge is 2.34. The smallest absolute Gasteiger partial charge is 0.223 e. The largest absolute Gasteiger partial charge is 0.305 e. The molecule has 0 aliphatic heterocycles. The summed E-state index contributed by atoms with van der Waals surface area (Å²) in [4.78, 5) is 0. The van der Waals surface area contributed by atoms with Crippen LogP contribution in [0.15, 0.2) is 11.9 Å². The van der Waals surface area contributed by atoms with Crippen molar-refractivity contribution in [3.8, 4) is 0 Å². The lowest BCUT2D eigenvalue weighted by Gasteiger charge is -2.10. The standard InChI is InChI=1S/C4H2BrF4I/c5-1-4(9,10)2(6)3(7)8/h1H2. The van der Waals surface area contributed by atoms with E-state index in [0.717, 1.165) is 22.6 Å². The van der Waals surface area contributed by atoms with Gasteiger partial charge in [0.2, 0.25) is 9.50 Å². The van der Waals surface area contributed by atoms with Crippen LogP contribution in [-0.2, 0) is 0 Å². The molecule has 0 fully saturated rings. The zero-order chi connectivity index (χ0) is 8.36. The van der Waals surface area contributed by atoms with Gasteiger partial charge in [0.1, 0.15) is 0 Å². The molecule has 0 saturated carbocycles. The molecule has 60 valence electrons. The van der Waals surface area contributed by atoms with E-state index in [2.05, 4.69) is 15.9 Å². The molecule has 0 saturated heterocycles. The van der Waals surface area contributed by atoms with Gasteiger partial charge in [0, 0.05) is 0 Å². The highest BCUT2D eigenvalue weighted by atomic mass is 127. The molecule has 0 aromatic carbocycles. The van der Waals surface area contributed by atoms with Crippen molar-refractivity contribution in [3.63, 3.8) is 0 Å². The second kappa shape index (κ2) is 3.89.